The highest BCUT2D eigenvalue weighted by Crippen LogP contribution is 2.15. The molecule has 0 aromatic heterocycles. The number of hydrogen-bond acceptors (Lipinski definition) is 3. The molecule has 2 aromatic carbocycles. The van der Waals surface area contributed by atoms with Crippen LogP contribution in [-0.2, 0) is 16.1 Å². The summed E-state index contributed by atoms with van der Waals surface area (Å²) >= 11 is 0. The minimum absolute atomic E-state index is 0.109. The summed E-state index contributed by atoms with van der Waals surface area (Å²) in [7, 11) is 0. The number of amides is 2. The van der Waals surface area contributed by atoms with Gasteiger partial charge in [-0.05, 0) is 43.5 Å². The number of ether oxygens (including phenoxy) is 1. The maximum absolute atomic E-state index is 12.9. The topological polar surface area (TPSA) is 58.6 Å². The molecule has 150 valence electrons. The van der Waals surface area contributed by atoms with Crippen molar-refractivity contribution in [1.29, 1.82) is 0 Å². The van der Waals surface area contributed by atoms with Crippen molar-refractivity contribution in [3.05, 3.63) is 65.7 Å². The summed E-state index contributed by atoms with van der Waals surface area (Å²) in [6.45, 7) is 6.72. The van der Waals surface area contributed by atoms with E-state index in [2.05, 4.69) is 12.2 Å². The van der Waals surface area contributed by atoms with Gasteiger partial charge in [0.1, 0.15) is 11.8 Å². The monoisotopic (exact) mass is 382 g/mol. The Bertz CT molecular complexity index is 761. The maximum atomic E-state index is 12.9. The van der Waals surface area contributed by atoms with Crippen LogP contribution in [0, 0.1) is 6.92 Å². The molecule has 0 fully saturated rings. The Kier molecular flexibility index (Phi) is 8.53. The summed E-state index contributed by atoms with van der Waals surface area (Å²) in [5.41, 5.74) is 2.10. The van der Waals surface area contributed by atoms with Gasteiger partial charge in [-0.1, -0.05) is 55.8 Å². The van der Waals surface area contributed by atoms with Gasteiger partial charge in [0.2, 0.25) is 5.91 Å². The molecule has 0 aliphatic rings. The zero-order chi connectivity index (χ0) is 20.4. The molecule has 0 aliphatic heterocycles. The number of para-hydroxylation sites is 1. The maximum Gasteiger partial charge on any atom is 0.261 e. The van der Waals surface area contributed by atoms with E-state index in [1.54, 1.807) is 24.0 Å². The van der Waals surface area contributed by atoms with Gasteiger partial charge in [-0.15, -0.1) is 0 Å². The first-order valence-electron chi connectivity index (χ1n) is 9.82. The van der Waals surface area contributed by atoms with Crippen LogP contribution in [0.1, 0.15) is 37.8 Å². The van der Waals surface area contributed by atoms with Crippen LogP contribution in [-0.4, -0.2) is 35.9 Å². The van der Waals surface area contributed by atoms with Crippen LogP contribution in [0.3, 0.4) is 0 Å². The summed E-state index contributed by atoms with van der Waals surface area (Å²) in [5.74, 6) is 0.270. The van der Waals surface area contributed by atoms with Crippen LogP contribution in [0.2, 0.25) is 0 Å². The number of benzene rings is 2. The Hall–Kier alpha value is -2.82. The summed E-state index contributed by atoms with van der Waals surface area (Å²) in [6, 6.07) is 16.5. The van der Waals surface area contributed by atoms with E-state index in [4.69, 9.17) is 4.74 Å². The van der Waals surface area contributed by atoms with E-state index >= 15 is 0 Å². The van der Waals surface area contributed by atoms with Gasteiger partial charge in [0, 0.05) is 13.1 Å². The van der Waals surface area contributed by atoms with Crippen molar-refractivity contribution < 1.29 is 14.3 Å². The Labute approximate surface area is 167 Å². The molecular weight excluding hydrogens is 352 g/mol. The summed E-state index contributed by atoms with van der Waals surface area (Å²) in [6.07, 6.45) is 1.92. The zero-order valence-electron chi connectivity index (χ0n) is 17.0. The molecule has 0 radical (unpaired) electrons. The van der Waals surface area contributed by atoms with E-state index in [0.717, 1.165) is 24.0 Å². The van der Waals surface area contributed by atoms with Crippen LogP contribution >= 0.6 is 0 Å². The SMILES string of the molecule is CCCCNC(=O)[C@H](C)N(Cc1ccccc1C)C(=O)COc1ccccc1. The second-order valence-electron chi connectivity index (χ2n) is 6.87. The molecule has 1 atom stereocenters. The molecule has 0 saturated heterocycles. The average molecular weight is 383 g/mol. The van der Waals surface area contributed by atoms with Gasteiger partial charge in [0.25, 0.3) is 5.91 Å². The number of nitrogens with one attached hydrogen (secondary N) is 1. The lowest BCUT2D eigenvalue weighted by Gasteiger charge is -2.29. The number of carbonyl (C=O) groups is 2. The summed E-state index contributed by atoms with van der Waals surface area (Å²) in [4.78, 5) is 27.1. The first-order valence-corrected chi connectivity index (χ1v) is 9.82. The first kappa shape index (κ1) is 21.5. The van der Waals surface area contributed by atoms with Crippen molar-refractivity contribution >= 4 is 11.8 Å². The third-order valence-electron chi connectivity index (χ3n) is 4.70. The summed E-state index contributed by atoms with van der Waals surface area (Å²) in [5, 5.41) is 2.92. The highest BCUT2D eigenvalue weighted by molar-refractivity contribution is 5.87. The first-order chi connectivity index (χ1) is 13.5. The van der Waals surface area contributed by atoms with Crippen LogP contribution in [0.5, 0.6) is 5.75 Å². The fraction of sp³-hybridized carbons (Fsp3) is 0.391. The van der Waals surface area contributed by atoms with E-state index < -0.39 is 6.04 Å². The lowest BCUT2D eigenvalue weighted by atomic mass is 10.1. The predicted molar refractivity (Wildman–Crippen MR) is 111 cm³/mol. The molecule has 0 aliphatic carbocycles. The Morgan fingerprint density at radius 1 is 1.07 bits per heavy atom. The average Bonchev–Trinajstić information content (AvgIpc) is 2.71. The van der Waals surface area contributed by atoms with Crippen molar-refractivity contribution in [2.45, 2.75) is 46.2 Å². The molecule has 2 rings (SSSR count). The second-order valence-corrected chi connectivity index (χ2v) is 6.87. The van der Waals surface area contributed by atoms with Gasteiger partial charge in [-0.2, -0.15) is 0 Å². The van der Waals surface area contributed by atoms with E-state index in [9.17, 15) is 9.59 Å². The lowest BCUT2D eigenvalue weighted by Crippen LogP contribution is -2.49. The summed E-state index contributed by atoms with van der Waals surface area (Å²) < 4.78 is 5.62. The standard InChI is InChI=1S/C23H30N2O3/c1-4-5-15-24-23(27)19(3)25(16-20-12-10-9-11-18(20)2)22(26)17-28-21-13-7-6-8-14-21/h6-14,19H,4-5,15-17H2,1-3H3,(H,24,27)/t19-/m0/s1. The molecule has 0 saturated carbocycles. The van der Waals surface area contributed by atoms with Gasteiger partial charge < -0.3 is 15.0 Å². The molecule has 2 amide bonds. The molecular formula is C23H30N2O3. The van der Waals surface area contributed by atoms with Crippen LogP contribution in [0.25, 0.3) is 0 Å². The van der Waals surface area contributed by atoms with E-state index in [-0.39, 0.29) is 18.4 Å². The smallest absolute Gasteiger partial charge is 0.261 e. The largest absolute Gasteiger partial charge is 0.484 e. The number of unbranched alkanes of at least 4 members (excludes halogenated alkanes) is 1. The fourth-order valence-electron chi connectivity index (χ4n) is 2.83. The van der Waals surface area contributed by atoms with Gasteiger partial charge in [-0.3, -0.25) is 9.59 Å². The Morgan fingerprint density at radius 3 is 2.43 bits per heavy atom. The molecule has 0 spiro atoms. The van der Waals surface area contributed by atoms with Gasteiger partial charge in [-0.25, -0.2) is 0 Å². The number of rotatable bonds is 10. The number of nitrogens with zero attached hydrogens (tertiary/aromatic N) is 1. The van der Waals surface area contributed by atoms with Crippen molar-refractivity contribution in [2.75, 3.05) is 13.2 Å². The molecule has 2 aromatic rings. The van der Waals surface area contributed by atoms with Crippen molar-refractivity contribution in [1.82, 2.24) is 10.2 Å². The van der Waals surface area contributed by atoms with Crippen LogP contribution < -0.4 is 10.1 Å². The van der Waals surface area contributed by atoms with Crippen LogP contribution in [0.4, 0.5) is 0 Å². The number of aryl methyl sites for hydroxylation is 1. The Morgan fingerprint density at radius 2 is 1.75 bits per heavy atom. The highest BCUT2D eigenvalue weighted by Gasteiger charge is 2.26. The van der Waals surface area contributed by atoms with Crippen molar-refractivity contribution in [2.24, 2.45) is 0 Å². The zero-order valence-corrected chi connectivity index (χ0v) is 17.0. The Balaban J connectivity index is 2.11. The van der Waals surface area contributed by atoms with E-state index in [0.29, 0.717) is 18.8 Å². The van der Waals surface area contributed by atoms with Crippen molar-refractivity contribution in [3.63, 3.8) is 0 Å². The van der Waals surface area contributed by atoms with Gasteiger partial charge in [0.05, 0.1) is 0 Å². The van der Waals surface area contributed by atoms with Gasteiger partial charge in [0.15, 0.2) is 6.61 Å². The molecule has 28 heavy (non-hydrogen) atoms. The second kappa shape index (κ2) is 11.1. The number of carbonyl (C=O) groups excluding carboxylic acids is 2. The number of hydrogen-bond donors (Lipinski definition) is 1. The quantitative estimate of drug-likeness (QED) is 0.637. The predicted octanol–water partition coefficient (Wildman–Crippen LogP) is 3.71. The minimum atomic E-state index is -0.580. The molecule has 0 bridgehead atoms. The van der Waals surface area contributed by atoms with Crippen LogP contribution in [0.15, 0.2) is 54.6 Å². The van der Waals surface area contributed by atoms with E-state index in [1.807, 2.05) is 49.4 Å². The molecule has 0 heterocycles. The fourth-order valence-corrected chi connectivity index (χ4v) is 2.83. The highest BCUT2D eigenvalue weighted by atomic mass is 16.5. The molecule has 1 N–H and O–H groups in total. The normalized spacial score (nSPS) is 11.5. The van der Waals surface area contributed by atoms with Gasteiger partial charge >= 0.3 is 0 Å². The third-order valence-corrected chi connectivity index (χ3v) is 4.70. The van der Waals surface area contributed by atoms with E-state index in [1.165, 1.54) is 0 Å². The molecule has 5 nitrogen and oxygen atoms in total. The molecule has 5 heteroatoms. The molecule has 0 unspecified atom stereocenters. The third kappa shape index (κ3) is 6.41. The minimum Gasteiger partial charge on any atom is -0.484 e. The van der Waals surface area contributed by atoms with Crippen molar-refractivity contribution in [3.8, 4) is 5.75 Å². The lowest BCUT2D eigenvalue weighted by molar-refractivity contribution is -0.142.